The van der Waals surface area contributed by atoms with Crippen molar-refractivity contribution in [2.75, 3.05) is 13.2 Å². The van der Waals surface area contributed by atoms with Gasteiger partial charge in [-0.1, -0.05) is 232 Å². The largest absolute Gasteiger partial charge is 0.463 e. The van der Waals surface area contributed by atoms with Gasteiger partial charge in [-0.05, 0) is 45.4 Å². The second kappa shape index (κ2) is 31.4. The van der Waals surface area contributed by atoms with E-state index in [2.05, 4.69) is 6.92 Å². The van der Waals surface area contributed by atoms with E-state index >= 15 is 0 Å². The number of hydrogen-bond donors (Lipinski definition) is 0. The van der Waals surface area contributed by atoms with Crippen LogP contribution in [0.15, 0.2) is 212 Å². The van der Waals surface area contributed by atoms with Crippen molar-refractivity contribution in [1.29, 1.82) is 0 Å². The number of ether oxygens (including phenoxy) is 11. The Morgan fingerprint density at radius 3 is 0.975 bits per heavy atom. The SMILES string of the molecule is CCCCCC(=O)OC[C@H]1O[C@H](O[C@H]2O[C@H](COCc3ccccc3)[C@@H](OCc3ccccc3)[C@H](OCc3ccccc3)[C@H]2OCc2ccccc2)[C@H](OCc2ccccc2)[C@@H](OCc2ccccc2)[C@@H]1OCc1ccccc1. The summed E-state index contributed by atoms with van der Waals surface area (Å²) in [5.41, 5.74) is 6.69. The molecule has 0 amide bonds. The van der Waals surface area contributed by atoms with Crippen LogP contribution in [-0.4, -0.2) is 80.6 Å². The summed E-state index contributed by atoms with van der Waals surface area (Å²) in [7, 11) is 0. The highest BCUT2D eigenvalue weighted by Crippen LogP contribution is 2.37. The Balaban J connectivity index is 1.12. The first-order chi connectivity index (χ1) is 39.1. The molecule has 0 spiro atoms. The van der Waals surface area contributed by atoms with Crippen molar-refractivity contribution in [2.45, 2.75) is 140 Å². The van der Waals surface area contributed by atoms with Crippen LogP contribution in [0.25, 0.3) is 0 Å². The van der Waals surface area contributed by atoms with Gasteiger partial charge in [0, 0.05) is 6.42 Å². The fourth-order valence-electron chi connectivity index (χ4n) is 9.74. The predicted octanol–water partition coefficient (Wildman–Crippen LogP) is 12.3. The molecule has 0 saturated carbocycles. The molecule has 414 valence electrons. The average Bonchev–Trinajstić information content (AvgIpc) is 3.58. The first kappa shape index (κ1) is 57.3. The van der Waals surface area contributed by atoms with E-state index in [9.17, 15) is 4.79 Å². The Hall–Kier alpha value is -6.39. The van der Waals surface area contributed by atoms with Crippen molar-refractivity contribution in [1.82, 2.24) is 0 Å². The molecule has 7 aromatic rings. The second-order valence-electron chi connectivity index (χ2n) is 19.9. The lowest BCUT2D eigenvalue weighted by molar-refractivity contribution is -0.394. The number of esters is 1. The number of rotatable bonds is 30. The fourth-order valence-corrected chi connectivity index (χ4v) is 9.74. The van der Waals surface area contributed by atoms with Crippen molar-refractivity contribution in [3.05, 3.63) is 251 Å². The Kier molecular flexibility index (Phi) is 22.8. The van der Waals surface area contributed by atoms with Gasteiger partial charge in [0.05, 0.1) is 52.9 Å². The fraction of sp³-hybridized carbons (Fsp3) is 0.358. The summed E-state index contributed by atoms with van der Waals surface area (Å²) < 4.78 is 76.6. The summed E-state index contributed by atoms with van der Waals surface area (Å²) in [5.74, 6) is -0.330. The molecule has 0 radical (unpaired) electrons. The first-order valence-electron chi connectivity index (χ1n) is 27.7. The normalized spacial score (nSPS) is 23.0. The molecule has 0 N–H and O–H groups in total. The molecule has 79 heavy (non-hydrogen) atoms. The second-order valence-corrected chi connectivity index (χ2v) is 19.9. The Labute approximate surface area is 465 Å². The first-order valence-corrected chi connectivity index (χ1v) is 27.7. The highest BCUT2D eigenvalue weighted by atomic mass is 16.8. The van der Waals surface area contributed by atoms with Gasteiger partial charge in [-0.25, -0.2) is 0 Å². The Bertz CT molecular complexity index is 2740. The van der Waals surface area contributed by atoms with Gasteiger partial charge in [-0.15, -0.1) is 0 Å². The van der Waals surface area contributed by atoms with Crippen LogP contribution in [0.5, 0.6) is 0 Å². The number of benzene rings is 7. The topological polar surface area (TPSA) is 119 Å². The van der Waals surface area contributed by atoms with E-state index in [1.165, 1.54) is 0 Å². The van der Waals surface area contributed by atoms with Crippen LogP contribution in [0.4, 0.5) is 0 Å². The molecule has 0 unspecified atom stereocenters. The van der Waals surface area contributed by atoms with Crippen LogP contribution < -0.4 is 0 Å². The van der Waals surface area contributed by atoms with Gasteiger partial charge in [0.2, 0.25) is 0 Å². The maximum atomic E-state index is 13.5. The molecule has 12 nitrogen and oxygen atoms in total. The maximum absolute atomic E-state index is 13.5. The summed E-state index contributed by atoms with van der Waals surface area (Å²) in [6.07, 6.45) is -6.28. The van der Waals surface area contributed by atoms with E-state index in [4.69, 9.17) is 52.1 Å². The van der Waals surface area contributed by atoms with Crippen molar-refractivity contribution in [3.8, 4) is 0 Å². The van der Waals surface area contributed by atoms with Gasteiger partial charge >= 0.3 is 5.97 Å². The Morgan fingerprint density at radius 2 is 0.646 bits per heavy atom. The summed E-state index contributed by atoms with van der Waals surface area (Å²) in [4.78, 5) is 13.5. The molecule has 12 heteroatoms. The number of unbranched alkanes of at least 4 members (excludes halogenated alkanes) is 2. The zero-order chi connectivity index (χ0) is 54.1. The van der Waals surface area contributed by atoms with Crippen LogP contribution in [-0.2, 0) is 103 Å². The summed E-state index contributed by atoms with van der Waals surface area (Å²) in [6.45, 7) is 3.68. The van der Waals surface area contributed by atoms with E-state index in [1.807, 2.05) is 212 Å². The van der Waals surface area contributed by atoms with E-state index in [0.717, 1.165) is 51.8 Å². The minimum atomic E-state index is -1.22. The smallest absolute Gasteiger partial charge is 0.305 e. The number of hydrogen-bond acceptors (Lipinski definition) is 12. The predicted molar refractivity (Wildman–Crippen MR) is 300 cm³/mol. The molecule has 7 aromatic carbocycles. The van der Waals surface area contributed by atoms with Crippen LogP contribution in [0, 0.1) is 0 Å². The highest BCUT2D eigenvalue weighted by molar-refractivity contribution is 5.69. The summed E-state index contributed by atoms with van der Waals surface area (Å²) in [5, 5.41) is 0. The lowest BCUT2D eigenvalue weighted by atomic mass is 9.96. The van der Waals surface area contributed by atoms with Gasteiger partial charge < -0.3 is 52.1 Å². The Morgan fingerprint density at radius 1 is 0.354 bits per heavy atom. The molecule has 0 bridgehead atoms. The van der Waals surface area contributed by atoms with Crippen molar-refractivity contribution in [2.24, 2.45) is 0 Å². The molecule has 2 aliphatic heterocycles. The van der Waals surface area contributed by atoms with Crippen molar-refractivity contribution >= 4 is 5.97 Å². The molecular weight excluding hydrogens is 997 g/mol. The zero-order valence-corrected chi connectivity index (χ0v) is 45.1. The van der Waals surface area contributed by atoms with Gasteiger partial charge in [-0.3, -0.25) is 4.79 Å². The number of carbonyl (C=O) groups is 1. The third-order valence-electron chi connectivity index (χ3n) is 13.9. The summed E-state index contributed by atoms with van der Waals surface area (Å²) in [6, 6.07) is 69.8. The van der Waals surface area contributed by atoms with E-state index in [1.54, 1.807) is 0 Å². The zero-order valence-electron chi connectivity index (χ0n) is 45.1. The lowest BCUT2D eigenvalue weighted by Crippen LogP contribution is -2.66. The highest BCUT2D eigenvalue weighted by Gasteiger charge is 2.54. The van der Waals surface area contributed by atoms with Gasteiger partial charge in [0.1, 0.15) is 55.4 Å². The number of carbonyl (C=O) groups excluding carboxylic acids is 1. The monoisotopic (exact) mass is 1070 g/mol. The van der Waals surface area contributed by atoms with Gasteiger partial charge in [0.25, 0.3) is 0 Å². The van der Waals surface area contributed by atoms with Crippen molar-refractivity contribution in [3.63, 3.8) is 0 Å². The third-order valence-corrected chi connectivity index (χ3v) is 13.9. The molecular formula is C67H74O12. The lowest BCUT2D eigenvalue weighted by Gasteiger charge is -2.49. The molecule has 2 saturated heterocycles. The third kappa shape index (κ3) is 17.8. The molecule has 0 aliphatic carbocycles. The molecule has 10 atom stereocenters. The molecule has 2 aliphatic rings. The van der Waals surface area contributed by atoms with E-state index in [-0.39, 0.29) is 65.2 Å². The van der Waals surface area contributed by atoms with E-state index in [0.29, 0.717) is 13.0 Å². The standard InChI is InChI=1S/C67H74O12/c1-2-3-11-40-59(68)70-49-58-61(72-43-52-30-16-6-17-31-52)63(74-45-54-34-20-8-21-35-54)65(76-47-56-38-24-10-25-39-56)67(78-58)79-66-64(75-46-55-36-22-9-23-37-55)62(73-44-53-32-18-7-19-33-53)60(71-42-51-28-14-5-15-29-51)57(77-66)48-69-41-50-26-12-4-13-27-50/h4-10,12-39,57-58,60-67H,2-3,11,40-49H2,1H3/t57-,58-,60-,61-,62+,63+,64-,65-,66-,67-/m1/s1. The van der Waals surface area contributed by atoms with E-state index < -0.39 is 61.4 Å². The molecule has 0 aromatic heterocycles. The minimum absolute atomic E-state index is 0.110. The summed E-state index contributed by atoms with van der Waals surface area (Å²) >= 11 is 0. The van der Waals surface area contributed by atoms with Gasteiger partial charge in [0.15, 0.2) is 12.6 Å². The van der Waals surface area contributed by atoms with Gasteiger partial charge in [-0.2, -0.15) is 0 Å². The maximum Gasteiger partial charge on any atom is 0.305 e. The molecule has 2 heterocycles. The average molecular weight is 1070 g/mol. The van der Waals surface area contributed by atoms with Crippen LogP contribution in [0.1, 0.15) is 71.6 Å². The quantitative estimate of drug-likeness (QED) is 0.0315. The van der Waals surface area contributed by atoms with Crippen LogP contribution >= 0.6 is 0 Å². The molecule has 2 fully saturated rings. The molecule has 9 rings (SSSR count). The minimum Gasteiger partial charge on any atom is -0.463 e. The van der Waals surface area contributed by atoms with Crippen molar-refractivity contribution < 1.29 is 56.9 Å². The van der Waals surface area contributed by atoms with Crippen LogP contribution in [0.3, 0.4) is 0 Å². The van der Waals surface area contributed by atoms with Crippen LogP contribution in [0.2, 0.25) is 0 Å².